The maximum atomic E-state index is 12.1. The molecule has 0 saturated carbocycles. The number of esters is 1. The van der Waals surface area contributed by atoms with E-state index in [2.05, 4.69) is 0 Å². The molecule has 120 valence electrons. The Morgan fingerprint density at radius 2 is 2.00 bits per heavy atom. The van der Waals surface area contributed by atoms with Crippen LogP contribution in [0.2, 0.25) is 0 Å². The number of carbonyl (C=O) groups is 2. The molecular formula is C15H18INO5. The van der Waals surface area contributed by atoms with Gasteiger partial charge >= 0.3 is 5.97 Å². The van der Waals surface area contributed by atoms with Gasteiger partial charge < -0.3 is 19.5 Å². The molecule has 1 aliphatic rings. The molecule has 0 spiro atoms. The first-order valence-corrected chi connectivity index (χ1v) is 8.03. The van der Waals surface area contributed by atoms with E-state index in [1.165, 1.54) is 12.1 Å². The van der Waals surface area contributed by atoms with Gasteiger partial charge in [-0.1, -0.05) is 0 Å². The Morgan fingerprint density at radius 3 is 2.64 bits per heavy atom. The lowest BCUT2D eigenvalue weighted by atomic mass is 10.2. The number of benzene rings is 1. The molecule has 1 saturated heterocycles. The van der Waals surface area contributed by atoms with E-state index in [1.807, 2.05) is 36.4 Å². The van der Waals surface area contributed by atoms with Crippen LogP contribution in [0.1, 0.15) is 24.2 Å². The Morgan fingerprint density at radius 1 is 1.36 bits per heavy atom. The number of amides is 1. The van der Waals surface area contributed by atoms with E-state index in [-0.39, 0.29) is 36.0 Å². The molecule has 22 heavy (non-hydrogen) atoms. The van der Waals surface area contributed by atoms with E-state index in [1.54, 1.807) is 11.0 Å². The minimum absolute atomic E-state index is 0.0388. The van der Waals surface area contributed by atoms with E-state index in [0.29, 0.717) is 13.1 Å². The summed E-state index contributed by atoms with van der Waals surface area (Å²) in [6.07, 6.45) is -0.0775. The summed E-state index contributed by atoms with van der Waals surface area (Å²) in [6.45, 7) is 4.41. The number of hydrogen-bond donors (Lipinski definition) is 1. The molecule has 2 rings (SSSR count). The molecule has 1 aromatic carbocycles. The van der Waals surface area contributed by atoms with Gasteiger partial charge in [0.25, 0.3) is 5.91 Å². The van der Waals surface area contributed by atoms with Crippen LogP contribution >= 0.6 is 22.6 Å². The number of ether oxygens (including phenoxy) is 2. The van der Waals surface area contributed by atoms with E-state index < -0.39 is 5.97 Å². The molecule has 1 amide bonds. The highest BCUT2D eigenvalue weighted by Crippen LogP contribution is 2.20. The van der Waals surface area contributed by atoms with Crippen molar-refractivity contribution in [1.82, 2.24) is 4.90 Å². The predicted octanol–water partition coefficient (Wildman–Crippen LogP) is 1.79. The lowest BCUT2D eigenvalue weighted by molar-refractivity contribution is -0.146. The van der Waals surface area contributed by atoms with Crippen molar-refractivity contribution in [1.29, 1.82) is 0 Å². The number of nitrogens with zero attached hydrogens (tertiary/aromatic N) is 1. The summed E-state index contributed by atoms with van der Waals surface area (Å²) in [6, 6.07) is 4.61. The normalized spacial score (nSPS) is 21.5. The predicted molar refractivity (Wildman–Crippen MR) is 87.7 cm³/mol. The van der Waals surface area contributed by atoms with Crippen molar-refractivity contribution in [2.24, 2.45) is 0 Å². The van der Waals surface area contributed by atoms with Gasteiger partial charge in [-0.05, 0) is 54.6 Å². The van der Waals surface area contributed by atoms with Gasteiger partial charge in [0.05, 0.1) is 12.2 Å². The van der Waals surface area contributed by atoms with Gasteiger partial charge in [0.1, 0.15) is 11.3 Å². The zero-order valence-corrected chi connectivity index (χ0v) is 14.6. The fourth-order valence-corrected chi connectivity index (χ4v) is 2.84. The molecule has 1 aliphatic heterocycles. The highest BCUT2D eigenvalue weighted by atomic mass is 127. The number of hydrogen-bond acceptors (Lipinski definition) is 5. The maximum Gasteiger partial charge on any atom is 0.342 e. The lowest BCUT2D eigenvalue weighted by Gasteiger charge is -2.35. The zero-order valence-electron chi connectivity index (χ0n) is 12.4. The van der Waals surface area contributed by atoms with Crippen molar-refractivity contribution in [3.63, 3.8) is 0 Å². The van der Waals surface area contributed by atoms with Gasteiger partial charge in [0, 0.05) is 16.7 Å². The van der Waals surface area contributed by atoms with E-state index in [4.69, 9.17) is 9.47 Å². The second-order valence-corrected chi connectivity index (χ2v) is 6.54. The molecular weight excluding hydrogens is 401 g/mol. The van der Waals surface area contributed by atoms with E-state index >= 15 is 0 Å². The first-order valence-electron chi connectivity index (χ1n) is 6.95. The maximum absolute atomic E-state index is 12.1. The van der Waals surface area contributed by atoms with Crippen molar-refractivity contribution in [2.75, 3.05) is 19.7 Å². The summed E-state index contributed by atoms with van der Waals surface area (Å²) in [7, 11) is 0. The van der Waals surface area contributed by atoms with Crippen LogP contribution in [0.25, 0.3) is 0 Å². The monoisotopic (exact) mass is 419 g/mol. The van der Waals surface area contributed by atoms with Crippen LogP contribution in [0.15, 0.2) is 18.2 Å². The number of halogens is 1. The summed E-state index contributed by atoms with van der Waals surface area (Å²) < 4.78 is 11.4. The SMILES string of the molecule is CC1CN(C(=O)COC(=O)c2cc(I)ccc2O)CC(C)O1. The van der Waals surface area contributed by atoms with Crippen LogP contribution in [0, 0.1) is 3.57 Å². The van der Waals surface area contributed by atoms with Crippen LogP contribution in [-0.2, 0) is 14.3 Å². The molecule has 0 radical (unpaired) electrons. The molecule has 0 bridgehead atoms. The molecule has 1 N–H and O–H groups in total. The number of phenolic OH excluding ortho intramolecular Hbond substituents is 1. The molecule has 1 heterocycles. The molecule has 7 heteroatoms. The molecule has 0 aromatic heterocycles. The average molecular weight is 419 g/mol. The van der Waals surface area contributed by atoms with Crippen LogP contribution in [0.4, 0.5) is 0 Å². The van der Waals surface area contributed by atoms with Gasteiger partial charge in [-0.15, -0.1) is 0 Å². The third-order valence-corrected chi connectivity index (χ3v) is 3.95. The summed E-state index contributed by atoms with van der Waals surface area (Å²) in [5, 5.41) is 9.67. The molecule has 1 aromatic rings. The third kappa shape index (κ3) is 4.33. The second kappa shape index (κ2) is 7.28. The first kappa shape index (κ1) is 17.0. The minimum Gasteiger partial charge on any atom is -0.507 e. The average Bonchev–Trinajstić information content (AvgIpc) is 2.45. The molecule has 0 aliphatic carbocycles. The summed E-state index contributed by atoms with van der Waals surface area (Å²) >= 11 is 2.03. The van der Waals surface area contributed by atoms with E-state index in [9.17, 15) is 14.7 Å². The molecule has 1 fully saturated rings. The largest absolute Gasteiger partial charge is 0.507 e. The fourth-order valence-electron chi connectivity index (χ4n) is 2.35. The Bertz CT molecular complexity index is 567. The Labute approximate surface area is 142 Å². The van der Waals surface area contributed by atoms with Crippen molar-refractivity contribution >= 4 is 34.5 Å². The first-order chi connectivity index (χ1) is 10.4. The van der Waals surface area contributed by atoms with Gasteiger partial charge in [0.2, 0.25) is 0 Å². The zero-order chi connectivity index (χ0) is 16.3. The van der Waals surface area contributed by atoms with Crippen LogP contribution in [0.3, 0.4) is 0 Å². The summed E-state index contributed by atoms with van der Waals surface area (Å²) in [4.78, 5) is 25.7. The third-order valence-electron chi connectivity index (χ3n) is 3.28. The number of morpholine rings is 1. The Kier molecular flexibility index (Phi) is 5.63. The summed E-state index contributed by atoms with van der Waals surface area (Å²) in [5.74, 6) is -1.13. The second-order valence-electron chi connectivity index (χ2n) is 5.29. The highest BCUT2D eigenvalue weighted by molar-refractivity contribution is 14.1. The Balaban J connectivity index is 1.93. The van der Waals surface area contributed by atoms with Gasteiger partial charge in [-0.3, -0.25) is 4.79 Å². The minimum atomic E-state index is -0.710. The number of aromatic hydroxyl groups is 1. The highest BCUT2D eigenvalue weighted by Gasteiger charge is 2.26. The Hall–Kier alpha value is -1.35. The van der Waals surface area contributed by atoms with E-state index in [0.717, 1.165) is 3.57 Å². The number of phenols is 1. The van der Waals surface area contributed by atoms with Crippen molar-refractivity contribution in [3.8, 4) is 5.75 Å². The van der Waals surface area contributed by atoms with Gasteiger partial charge in [-0.2, -0.15) is 0 Å². The molecule has 2 atom stereocenters. The van der Waals surface area contributed by atoms with Gasteiger partial charge in [-0.25, -0.2) is 4.79 Å². The quantitative estimate of drug-likeness (QED) is 0.598. The van der Waals surface area contributed by atoms with Crippen molar-refractivity contribution in [3.05, 3.63) is 27.3 Å². The smallest absolute Gasteiger partial charge is 0.342 e. The van der Waals surface area contributed by atoms with Gasteiger partial charge in [0.15, 0.2) is 6.61 Å². The van der Waals surface area contributed by atoms with Crippen molar-refractivity contribution < 1.29 is 24.2 Å². The topological polar surface area (TPSA) is 76.1 Å². The number of carbonyl (C=O) groups excluding carboxylic acids is 2. The van der Waals surface area contributed by atoms with Crippen molar-refractivity contribution in [2.45, 2.75) is 26.1 Å². The standard InChI is InChI=1S/C15H18INO5/c1-9-6-17(7-10(2)22-9)14(19)8-21-15(20)12-5-11(16)3-4-13(12)18/h3-5,9-10,18H,6-8H2,1-2H3. The summed E-state index contributed by atoms with van der Waals surface area (Å²) in [5.41, 5.74) is 0.0587. The number of rotatable bonds is 3. The lowest BCUT2D eigenvalue weighted by Crippen LogP contribution is -2.49. The van der Waals surface area contributed by atoms with Crippen LogP contribution in [-0.4, -0.2) is 53.8 Å². The molecule has 2 unspecified atom stereocenters. The van der Waals surface area contributed by atoms with Crippen LogP contribution in [0.5, 0.6) is 5.75 Å². The fraction of sp³-hybridized carbons (Fsp3) is 0.467. The molecule has 6 nitrogen and oxygen atoms in total. The van der Waals surface area contributed by atoms with Crippen LogP contribution < -0.4 is 0 Å².